The Kier molecular flexibility index (Phi) is 3.59. The molecule has 3 rings (SSSR count). The van der Waals surface area contributed by atoms with Crippen molar-refractivity contribution in [1.29, 1.82) is 0 Å². The molecule has 22 heavy (non-hydrogen) atoms. The van der Waals surface area contributed by atoms with Crippen LogP contribution in [0.4, 0.5) is 5.95 Å². The maximum Gasteiger partial charge on any atom is 0.252 e. The maximum absolute atomic E-state index is 12.0. The Morgan fingerprint density at radius 3 is 2.64 bits per heavy atom. The van der Waals surface area contributed by atoms with Gasteiger partial charge in [0.1, 0.15) is 11.8 Å². The molecule has 114 valence electrons. The Bertz CT molecular complexity index is 774. The first kappa shape index (κ1) is 14.6. The van der Waals surface area contributed by atoms with Gasteiger partial charge in [-0.1, -0.05) is 23.7 Å². The molecule has 2 atom stereocenters. The number of aromatic amines is 1. The SMILES string of the molecule is Cc1cc(=O)[nH]c(NN2C(Cl)C(=O)C2c2ccc(O)cc2)n1. The van der Waals surface area contributed by atoms with Crippen LogP contribution in [0.3, 0.4) is 0 Å². The highest BCUT2D eigenvalue weighted by Gasteiger charge is 2.48. The molecule has 1 aromatic heterocycles. The molecular formula is C14H13ClN4O3. The van der Waals surface area contributed by atoms with E-state index in [1.165, 1.54) is 23.2 Å². The fourth-order valence-corrected chi connectivity index (χ4v) is 2.59. The second-order valence-corrected chi connectivity index (χ2v) is 5.40. The van der Waals surface area contributed by atoms with Gasteiger partial charge in [0, 0.05) is 11.8 Å². The van der Waals surface area contributed by atoms with E-state index in [0.717, 1.165) is 0 Å². The molecule has 0 radical (unpaired) electrons. The van der Waals surface area contributed by atoms with Gasteiger partial charge in [0.05, 0.1) is 0 Å². The zero-order chi connectivity index (χ0) is 15.9. The third-order valence-electron chi connectivity index (χ3n) is 3.34. The van der Waals surface area contributed by atoms with Crippen molar-refractivity contribution in [3.05, 3.63) is 51.9 Å². The predicted molar refractivity (Wildman–Crippen MR) is 80.6 cm³/mol. The number of nitrogens with zero attached hydrogens (tertiary/aromatic N) is 2. The van der Waals surface area contributed by atoms with Crippen LogP contribution in [-0.2, 0) is 4.79 Å². The quantitative estimate of drug-likeness (QED) is 0.582. The van der Waals surface area contributed by atoms with E-state index in [1.807, 2.05) is 0 Å². The number of hydrogen-bond acceptors (Lipinski definition) is 6. The Morgan fingerprint density at radius 1 is 1.32 bits per heavy atom. The first-order valence-corrected chi connectivity index (χ1v) is 6.99. The Hall–Kier alpha value is -2.38. The highest BCUT2D eigenvalue weighted by atomic mass is 35.5. The molecule has 1 fully saturated rings. The number of hydrogen-bond donors (Lipinski definition) is 3. The van der Waals surface area contributed by atoms with E-state index in [2.05, 4.69) is 15.4 Å². The minimum atomic E-state index is -0.857. The predicted octanol–water partition coefficient (Wildman–Crippen LogP) is 1.30. The van der Waals surface area contributed by atoms with Crippen LogP contribution in [-0.4, -0.2) is 31.4 Å². The molecule has 1 aliphatic rings. The van der Waals surface area contributed by atoms with Crippen molar-refractivity contribution < 1.29 is 9.90 Å². The van der Waals surface area contributed by atoms with Gasteiger partial charge < -0.3 is 5.11 Å². The van der Waals surface area contributed by atoms with E-state index in [4.69, 9.17) is 11.6 Å². The van der Waals surface area contributed by atoms with Crippen LogP contribution in [0.5, 0.6) is 5.75 Å². The number of benzene rings is 1. The van der Waals surface area contributed by atoms with Crippen LogP contribution in [0.2, 0.25) is 0 Å². The second-order valence-electron chi connectivity index (χ2n) is 4.99. The molecule has 0 bridgehead atoms. The number of aryl methyl sites for hydroxylation is 1. The fourth-order valence-electron chi connectivity index (χ4n) is 2.31. The number of halogens is 1. The first-order valence-electron chi connectivity index (χ1n) is 6.55. The molecule has 2 heterocycles. The van der Waals surface area contributed by atoms with Crippen molar-refractivity contribution in [3.8, 4) is 5.75 Å². The van der Waals surface area contributed by atoms with Crippen LogP contribution < -0.4 is 11.0 Å². The number of carbonyl (C=O) groups is 1. The lowest BCUT2D eigenvalue weighted by atomic mass is 9.95. The molecule has 0 aliphatic carbocycles. The molecule has 0 saturated carbocycles. The van der Waals surface area contributed by atoms with Crippen molar-refractivity contribution in [2.45, 2.75) is 18.5 Å². The van der Waals surface area contributed by atoms with Crippen LogP contribution >= 0.6 is 11.6 Å². The number of Topliss-reactive ketones (excluding diaryl/α,β-unsaturated/α-hetero) is 1. The lowest BCUT2D eigenvalue weighted by Crippen LogP contribution is -2.59. The molecule has 2 aromatic rings. The van der Waals surface area contributed by atoms with Gasteiger partial charge in [-0.25, -0.2) is 4.98 Å². The fraction of sp³-hybridized carbons (Fsp3) is 0.214. The number of phenols is 1. The van der Waals surface area contributed by atoms with E-state index in [9.17, 15) is 14.7 Å². The van der Waals surface area contributed by atoms with Crippen LogP contribution in [0.15, 0.2) is 35.1 Å². The lowest BCUT2D eigenvalue weighted by molar-refractivity contribution is -0.137. The van der Waals surface area contributed by atoms with E-state index in [1.54, 1.807) is 19.1 Å². The molecule has 3 N–H and O–H groups in total. The van der Waals surface area contributed by atoms with E-state index >= 15 is 0 Å². The summed E-state index contributed by atoms with van der Waals surface area (Å²) < 4.78 is 0. The number of H-pyrrole nitrogens is 1. The second kappa shape index (κ2) is 5.43. The van der Waals surface area contributed by atoms with Gasteiger partial charge in [-0.3, -0.25) is 20.0 Å². The van der Waals surface area contributed by atoms with Crippen LogP contribution in [0.1, 0.15) is 17.3 Å². The zero-order valence-corrected chi connectivity index (χ0v) is 12.3. The Balaban J connectivity index is 1.86. The first-order chi connectivity index (χ1) is 10.5. The number of aromatic hydroxyl groups is 1. The summed E-state index contributed by atoms with van der Waals surface area (Å²) in [7, 11) is 0. The van der Waals surface area contributed by atoms with Crippen LogP contribution in [0, 0.1) is 6.92 Å². The monoisotopic (exact) mass is 320 g/mol. The minimum absolute atomic E-state index is 0.113. The summed E-state index contributed by atoms with van der Waals surface area (Å²) in [5, 5.41) is 10.8. The number of hydrazine groups is 1. The Labute approximate surface area is 130 Å². The number of anilines is 1. The highest BCUT2D eigenvalue weighted by Crippen LogP contribution is 2.37. The summed E-state index contributed by atoms with van der Waals surface area (Å²) in [6.45, 7) is 1.69. The van der Waals surface area contributed by atoms with Crippen molar-refractivity contribution in [2.24, 2.45) is 0 Å². The number of ketones is 1. The number of aromatic nitrogens is 2. The van der Waals surface area contributed by atoms with Crippen molar-refractivity contribution in [1.82, 2.24) is 15.0 Å². The Morgan fingerprint density at radius 2 is 2.00 bits per heavy atom. The summed E-state index contributed by atoms with van der Waals surface area (Å²) in [5.74, 6) is 0.156. The summed E-state index contributed by atoms with van der Waals surface area (Å²) in [5.41, 5.74) is 2.93. The van der Waals surface area contributed by atoms with Gasteiger partial charge in [-0.05, 0) is 24.6 Å². The summed E-state index contributed by atoms with van der Waals surface area (Å²) in [6, 6.07) is 7.03. The van der Waals surface area contributed by atoms with Crippen molar-refractivity contribution >= 4 is 23.3 Å². The van der Waals surface area contributed by atoms with E-state index in [-0.39, 0.29) is 23.0 Å². The smallest absolute Gasteiger partial charge is 0.252 e. The number of carbonyl (C=O) groups excluding carboxylic acids is 1. The number of rotatable bonds is 3. The molecule has 0 spiro atoms. The van der Waals surface area contributed by atoms with E-state index < -0.39 is 11.5 Å². The minimum Gasteiger partial charge on any atom is -0.508 e. The molecule has 8 heteroatoms. The molecule has 1 aromatic carbocycles. The molecular weight excluding hydrogens is 308 g/mol. The van der Waals surface area contributed by atoms with Gasteiger partial charge in [0.25, 0.3) is 5.56 Å². The molecule has 0 amide bonds. The number of phenolic OH excluding ortho intramolecular Hbond substituents is 1. The molecule has 1 aliphatic heterocycles. The van der Waals surface area contributed by atoms with Gasteiger partial charge in [0.2, 0.25) is 5.95 Å². The lowest BCUT2D eigenvalue weighted by Gasteiger charge is -2.43. The van der Waals surface area contributed by atoms with Crippen molar-refractivity contribution in [3.63, 3.8) is 0 Å². The normalized spacial score (nSPS) is 21.5. The van der Waals surface area contributed by atoms with E-state index in [0.29, 0.717) is 11.3 Å². The van der Waals surface area contributed by atoms with Crippen LogP contribution in [0.25, 0.3) is 0 Å². The number of nitrogens with one attached hydrogen (secondary N) is 2. The summed E-state index contributed by atoms with van der Waals surface area (Å²) >= 11 is 6.02. The summed E-state index contributed by atoms with van der Waals surface area (Å²) in [6.07, 6.45) is 0. The summed E-state index contributed by atoms with van der Waals surface area (Å²) in [4.78, 5) is 30.1. The number of alkyl halides is 1. The van der Waals surface area contributed by atoms with Gasteiger partial charge in [-0.15, -0.1) is 0 Å². The average molecular weight is 321 g/mol. The third kappa shape index (κ3) is 2.56. The van der Waals surface area contributed by atoms with Gasteiger partial charge >= 0.3 is 0 Å². The third-order valence-corrected chi connectivity index (χ3v) is 3.77. The van der Waals surface area contributed by atoms with Gasteiger partial charge in [-0.2, -0.15) is 5.01 Å². The highest BCUT2D eigenvalue weighted by molar-refractivity contribution is 6.34. The standard InChI is InChI=1S/C14H13ClN4O3/c1-7-6-10(21)17-14(16-7)18-19-11(12(22)13(19)15)8-2-4-9(20)5-3-8/h2-6,11,13,20H,1H3,(H2,16,17,18,21). The molecule has 7 nitrogen and oxygen atoms in total. The van der Waals surface area contributed by atoms with Crippen molar-refractivity contribution in [2.75, 3.05) is 5.43 Å². The maximum atomic E-state index is 12.0. The molecule has 1 saturated heterocycles. The average Bonchev–Trinajstić information content (AvgIpc) is 2.47. The zero-order valence-electron chi connectivity index (χ0n) is 11.6. The van der Waals surface area contributed by atoms with Gasteiger partial charge in [0.15, 0.2) is 11.3 Å². The molecule has 2 unspecified atom stereocenters. The largest absolute Gasteiger partial charge is 0.508 e. The topological polar surface area (TPSA) is 98.3 Å².